The quantitative estimate of drug-likeness (QED) is 0.507. The number of fused-ring (bicyclic) bond motifs is 2. The topological polar surface area (TPSA) is 67.1 Å². The summed E-state index contributed by atoms with van der Waals surface area (Å²) in [5, 5.41) is 18.9. The van der Waals surface area contributed by atoms with Crippen LogP contribution in [0.3, 0.4) is 0 Å². The van der Waals surface area contributed by atoms with E-state index in [2.05, 4.69) is 19.6 Å². The summed E-state index contributed by atoms with van der Waals surface area (Å²) in [6, 6.07) is 10.8. The van der Waals surface area contributed by atoms with Crippen LogP contribution in [0, 0.1) is 5.82 Å². The lowest BCUT2D eigenvalue weighted by atomic mass is 9.91. The van der Waals surface area contributed by atoms with Crippen LogP contribution in [0.15, 0.2) is 36.4 Å². The lowest BCUT2D eigenvalue weighted by molar-refractivity contribution is 0.206. The molecule has 156 valence electrons. The Morgan fingerprint density at radius 1 is 1.10 bits per heavy atom. The van der Waals surface area contributed by atoms with Gasteiger partial charge in [-0.15, -0.1) is 5.10 Å². The largest absolute Gasteiger partial charge is 0.392 e. The van der Waals surface area contributed by atoms with Crippen molar-refractivity contribution in [2.75, 3.05) is 19.6 Å². The van der Waals surface area contributed by atoms with E-state index < -0.39 is 0 Å². The van der Waals surface area contributed by atoms with Crippen LogP contribution < -0.4 is 0 Å². The van der Waals surface area contributed by atoms with E-state index >= 15 is 0 Å². The Kier molecular flexibility index (Phi) is 5.45. The Morgan fingerprint density at radius 3 is 2.80 bits per heavy atom. The van der Waals surface area contributed by atoms with Crippen LogP contribution in [0.5, 0.6) is 0 Å². The molecule has 0 atom stereocenters. The summed E-state index contributed by atoms with van der Waals surface area (Å²) < 4.78 is 21.0. The third-order valence-corrected chi connectivity index (χ3v) is 6.86. The van der Waals surface area contributed by atoms with Crippen LogP contribution in [0.4, 0.5) is 4.39 Å². The number of likely N-dealkylation sites (tertiary alicyclic amines) is 1. The SMILES string of the molecule is OCc1ccc2nnn(CCCN3CCC(c4nsc5cc(F)ccc45)CC3)c2c1. The minimum Gasteiger partial charge on any atom is -0.392 e. The van der Waals surface area contributed by atoms with E-state index in [9.17, 15) is 9.50 Å². The van der Waals surface area contributed by atoms with E-state index in [1.165, 1.54) is 17.6 Å². The summed E-state index contributed by atoms with van der Waals surface area (Å²) in [5.41, 5.74) is 3.87. The predicted octanol–water partition coefficient (Wildman–Crippen LogP) is 3.94. The number of hydrogen-bond acceptors (Lipinski definition) is 6. The monoisotopic (exact) mass is 425 g/mol. The average molecular weight is 426 g/mol. The van der Waals surface area contributed by atoms with Gasteiger partial charge in [-0.1, -0.05) is 11.3 Å². The van der Waals surface area contributed by atoms with Crippen LogP contribution in [-0.2, 0) is 13.2 Å². The maximum Gasteiger partial charge on any atom is 0.124 e. The van der Waals surface area contributed by atoms with Crippen molar-refractivity contribution in [2.45, 2.75) is 38.3 Å². The number of nitrogens with zero attached hydrogens (tertiary/aromatic N) is 5. The van der Waals surface area contributed by atoms with Gasteiger partial charge in [0, 0.05) is 17.8 Å². The molecule has 0 amide bonds. The van der Waals surface area contributed by atoms with Crippen molar-refractivity contribution >= 4 is 32.7 Å². The molecule has 0 aliphatic carbocycles. The van der Waals surface area contributed by atoms with Gasteiger partial charge in [-0.25, -0.2) is 9.07 Å². The van der Waals surface area contributed by atoms with Crippen molar-refractivity contribution < 1.29 is 9.50 Å². The van der Waals surface area contributed by atoms with Crippen LogP contribution >= 0.6 is 11.5 Å². The smallest absolute Gasteiger partial charge is 0.124 e. The summed E-state index contributed by atoms with van der Waals surface area (Å²) in [7, 11) is 0. The van der Waals surface area contributed by atoms with Gasteiger partial charge in [-0.05, 0) is 86.3 Å². The number of aliphatic hydroxyl groups excluding tert-OH is 1. The Balaban J connectivity index is 1.16. The van der Waals surface area contributed by atoms with Crippen molar-refractivity contribution in [1.29, 1.82) is 0 Å². The molecule has 0 radical (unpaired) electrons. The van der Waals surface area contributed by atoms with E-state index in [4.69, 9.17) is 0 Å². The predicted molar refractivity (Wildman–Crippen MR) is 116 cm³/mol. The first kappa shape index (κ1) is 19.5. The third-order valence-electron chi connectivity index (χ3n) is 6.04. The fraction of sp³-hybridized carbons (Fsp3) is 0.409. The highest BCUT2D eigenvalue weighted by atomic mass is 32.1. The lowest BCUT2D eigenvalue weighted by Gasteiger charge is -2.31. The number of aryl methyl sites for hydroxylation is 1. The first-order chi connectivity index (χ1) is 14.7. The Morgan fingerprint density at radius 2 is 1.97 bits per heavy atom. The van der Waals surface area contributed by atoms with Crippen LogP contribution in [-0.4, -0.2) is 49.0 Å². The zero-order valence-electron chi connectivity index (χ0n) is 16.7. The first-order valence-electron chi connectivity index (χ1n) is 10.4. The summed E-state index contributed by atoms with van der Waals surface area (Å²) >= 11 is 1.40. The fourth-order valence-corrected chi connectivity index (χ4v) is 5.25. The highest BCUT2D eigenvalue weighted by Gasteiger charge is 2.24. The van der Waals surface area contributed by atoms with Crippen molar-refractivity contribution in [3.05, 3.63) is 53.5 Å². The third kappa shape index (κ3) is 3.82. The molecule has 3 heterocycles. The zero-order chi connectivity index (χ0) is 20.5. The molecule has 1 saturated heterocycles. The van der Waals surface area contributed by atoms with Crippen LogP contribution in [0.2, 0.25) is 0 Å². The summed E-state index contributed by atoms with van der Waals surface area (Å²) in [6.07, 6.45) is 3.18. The molecule has 2 aromatic carbocycles. The van der Waals surface area contributed by atoms with E-state index in [0.29, 0.717) is 5.92 Å². The van der Waals surface area contributed by atoms with Crippen LogP contribution in [0.1, 0.15) is 36.4 Å². The highest BCUT2D eigenvalue weighted by molar-refractivity contribution is 7.13. The minimum absolute atomic E-state index is 0.0271. The number of halogens is 1. The number of rotatable bonds is 6. The van der Waals surface area contributed by atoms with Crippen molar-refractivity contribution in [3.8, 4) is 0 Å². The van der Waals surface area contributed by atoms with Crippen molar-refractivity contribution in [3.63, 3.8) is 0 Å². The van der Waals surface area contributed by atoms with Gasteiger partial charge >= 0.3 is 0 Å². The number of piperidine rings is 1. The summed E-state index contributed by atoms with van der Waals surface area (Å²) in [6.45, 7) is 3.97. The lowest BCUT2D eigenvalue weighted by Crippen LogP contribution is -2.34. The van der Waals surface area contributed by atoms with Gasteiger partial charge in [0.15, 0.2) is 0 Å². The molecule has 8 heteroatoms. The minimum atomic E-state index is -0.194. The van der Waals surface area contributed by atoms with Gasteiger partial charge in [0.25, 0.3) is 0 Å². The normalized spacial score (nSPS) is 16.1. The molecule has 4 aromatic rings. The Labute approximate surface area is 178 Å². The molecular formula is C22H24FN5OS. The van der Waals surface area contributed by atoms with E-state index in [-0.39, 0.29) is 12.4 Å². The number of hydrogen-bond donors (Lipinski definition) is 1. The second kappa shape index (κ2) is 8.37. The molecule has 1 aliphatic rings. The van der Waals surface area contributed by atoms with E-state index in [0.717, 1.165) is 77.8 Å². The van der Waals surface area contributed by atoms with Crippen molar-refractivity contribution in [1.82, 2.24) is 24.3 Å². The number of aliphatic hydroxyl groups is 1. The number of aromatic nitrogens is 4. The second-order valence-electron chi connectivity index (χ2n) is 7.97. The van der Waals surface area contributed by atoms with Gasteiger partial charge in [-0.2, -0.15) is 4.37 Å². The zero-order valence-corrected chi connectivity index (χ0v) is 17.5. The molecule has 0 saturated carbocycles. The molecule has 1 fully saturated rings. The summed E-state index contributed by atoms with van der Waals surface area (Å²) in [4.78, 5) is 2.50. The molecular weight excluding hydrogens is 401 g/mol. The molecule has 6 nitrogen and oxygen atoms in total. The molecule has 5 rings (SSSR count). The molecule has 0 unspecified atom stereocenters. The van der Waals surface area contributed by atoms with Gasteiger partial charge in [0.2, 0.25) is 0 Å². The fourth-order valence-electron chi connectivity index (χ4n) is 4.37. The molecule has 30 heavy (non-hydrogen) atoms. The molecule has 0 spiro atoms. The Bertz CT molecular complexity index is 1160. The van der Waals surface area contributed by atoms with E-state index in [1.54, 1.807) is 6.07 Å². The highest BCUT2D eigenvalue weighted by Crippen LogP contribution is 2.34. The first-order valence-corrected chi connectivity index (χ1v) is 11.2. The average Bonchev–Trinajstić information content (AvgIpc) is 3.37. The maximum atomic E-state index is 13.4. The molecule has 1 aliphatic heterocycles. The van der Waals surface area contributed by atoms with Gasteiger partial charge in [0.05, 0.1) is 22.5 Å². The Hall–Kier alpha value is -2.42. The second-order valence-corrected chi connectivity index (χ2v) is 8.78. The standard InChI is InChI=1S/C22H24FN5OS/c23-17-3-4-18-21(13-17)30-25-22(18)16-6-10-27(11-7-16)8-1-9-28-20-12-15(14-29)2-5-19(20)24-26-28/h2-5,12-13,16,29H,1,6-11,14H2. The van der Waals surface area contributed by atoms with Crippen LogP contribution in [0.25, 0.3) is 21.1 Å². The molecule has 0 bridgehead atoms. The van der Waals surface area contributed by atoms with Gasteiger partial charge < -0.3 is 10.0 Å². The summed E-state index contributed by atoms with van der Waals surface area (Å²) in [5.74, 6) is 0.261. The maximum absolute atomic E-state index is 13.4. The van der Waals surface area contributed by atoms with Gasteiger partial charge in [0.1, 0.15) is 11.3 Å². The molecule has 2 aromatic heterocycles. The van der Waals surface area contributed by atoms with Crippen molar-refractivity contribution in [2.24, 2.45) is 0 Å². The van der Waals surface area contributed by atoms with E-state index in [1.807, 2.05) is 28.9 Å². The number of benzene rings is 2. The van der Waals surface area contributed by atoms with Gasteiger partial charge in [-0.3, -0.25) is 0 Å². The molecule has 1 N–H and O–H groups in total.